The maximum absolute atomic E-state index is 9.41. The summed E-state index contributed by atoms with van der Waals surface area (Å²) in [5.74, 6) is 1.12. The third-order valence-electron chi connectivity index (χ3n) is 4.38. The van der Waals surface area contributed by atoms with E-state index >= 15 is 0 Å². The third kappa shape index (κ3) is 1.90. The summed E-state index contributed by atoms with van der Waals surface area (Å²) in [6, 6.07) is 2.30. The molecular formula is C15H16ClN5. The van der Waals surface area contributed by atoms with Crippen molar-refractivity contribution in [3.8, 4) is 11.9 Å². The third-order valence-corrected chi connectivity index (χ3v) is 4.77. The van der Waals surface area contributed by atoms with Crippen molar-refractivity contribution in [1.82, 2.24) is 19.6 Å². The number of nitrogens with zero attached hydrogens (tertiary/aromatic N) is 5. The lowest BCUT2D eigenvalue weighted by molar-refractivity contribution is 0.484. The molecule has 6 heteroatoms. The largest absolute Gasteiger partial charge is 0.266 e. The molecule has 5 nitrogen and oxygen atoms in total. The number of aromatic nitrogens is 4. The van der Waals surface area contributed by atoms with E-state index in [0.29, 0.717) is 22.3 Å². The molecule has 3 heterocycles. The quantitative estimate of drug-likeness (QED) is 0.856. The molecule has 2 aromatic rings. The Bertz CT molecular complexity index is 760. The van der Waals surface area contributed by atoms with Gasteiger partial charge in [-0.15, -0.1) is 0 Å². The van der Waals surface area contributed by atoms with E-state index in [9.17, 15) is 5.26 Å². The van der Waals surface area contributed by atoms with Crippen LogP contribution in [0.4, 0.5) is 0 Å². The van der Waals surface area contributed by atoms with E-state index in [-0.39, 0.29) is 0 Å². The highest BCUT2D eigenvalue weighted by Gasteiger charge is 2.34. The first-order valence-electron chi connectivity index (χ1n) is 7.46. The molecule has 0 aromatic carbocycles. The summed E-state index contributed by atoms with van der Waals surface area (Å²) < 4.78 is 3.82. The van der Waals surface area contributed by atoms with E-state index in [1.165, 1.54) is 0 Å². The monoisotopic (exact) mass is 301 g/mol. The van der Waals surface area contributed by atoms with Gasteiger partial charge in [0.05, 0.1) is 22.6 Å². The predicted molar refractivity (Wildman–Crippen MR) is 78.7 cm³/mol. The van der Waals surface area contributed by atoms with Gasteiger partial charge in [-0.2, -0.15) is 15.5 Å². The smallest absolute Gasteiger partial charge is 0.194 e. The highest BCUT2D eigenvalue weighted by Crippen LogP contribution is 2.43. The molecule has 21 heavy (non-hydrogen) atoms. The molecule has 1 aliphatic heterocycles. The zero-order valence-corrected chi connectivity index (χ0v) is 12.7. The molecule has 0 saturated heterocycles. The van der Waals surface area contributed by atoms with E-state index in [4.69, 9.17) is 11.6 Å². The van der Waals surface area contributed by atoms with Crippen molar-refractivity contribution in [3.05, 3.63) is 27.7 Å². The van der Waals surface area contributed by atoms with Crippen molar-refractivity contribution in [2.75, 3.05) is 0 Å². The van der Waals surface area contributed by atoms with Gasteiger partial charge in [-0.05, 0) is 39.0 Å². The molecule has 0 atom stereocenters. The molecule has 4 rings (SSSR count). The zero-order valence-electron chi connectivity index (χ0n) is 11.9. The Balaban J connectivity index is 1.91. The second-order valence-electron chi connectivity index (χ2n) is 5.91. The fourth-order valence-electron chi connectivity index (χ4n) is 3.15. The van der Waals surface area contributed by atoms with Crippen molar-refractivity contribution in [2.24, 2.45) is 0 Å². The van der Waals surface area contributed by atoms with Gasteiger partial charge in [-0.1, -0.05) is 11.6 Å². The summed E-state index contributed by atoms with van der Waals surface area (Å²) in [5.41, 5.74) is 3.56. The van der Waals surface area contributed by atoms with Crippen LogP contribution < -0.4 is 0 Å². The minimum Gasteiger partial charge on any atom is -0.266 e. The number of fused-ring (bicyclic) bond motifs is 1. The van der Waals surface area contributed by atoms with Crippen LogP contribution in [0, 0.1) is 18.3 Å². The Hall–Kier alpha value is -1.80. The summed E-state index contributed by atoms with van der Waals surface area (Å²) in [6.45, 7) is 2.80. The average molecular weight is 302 g/mol. The maximum atomic E-state index is 9.41. The summed E-state index contributed by atoms with van der Waals surface area (Å²) in [4.78, 5) is 0. The fraction of sp³-hybridized carbons (Fsp3) is 0.533. The second-order valence-corrected chi connectivity index (χ2v) is 6.29. The van der Waals surface area contributed by atoms with Crippen LogP contribution in [0.3, 0.4) is 0 Å². The molecule has 0 amide bonds. The summed E-state index contributed by atoms with van der Waals surface area (Å²) in [7, 11) is 0. The summed E-state index contributed by atoms with van der Waals surface area (Å²) in [5, 5.41) is 19.3. The number of aryl methyl sites for hydroxylation is 2. The predicted octanol–water partition coefficient (Wildman–Crippen LogP) is 3.12. The van der Waals surface area contributed by atoms with Crippen molar-refractivity contribution >= 4 is 11.6 Å². The van der Waals surface area contributed by atoms with Crippen molar-refractivity contribution in [2.45, 2.75) is 51.5 Å². The number of halogens is 1. The van der Waals surface area contributed by atoms with Crippen LogP contribution >= 0.6 is 11.6 Å². The van der Waals surface area contributed by atoms with Crippen LogP contribution in [0.5, 0.6) is 0 Å². The molecule has 0 N–H and O–H groups in total. The van der Waals surface area contributed by atoms with Gasteiger partial charge in [-0.3, -0.25) is 4.68 Å². The Morgan fingerprint density at radius 1 is 1.29 bits per heavy atom. The summed E-state index contributed by atoms with van der Waals surface area (Å²) >= 11 is 6.55. The molecule has 0 bridgehead atoms. The van der Waals surface area contributed by atoms with Gasteiger partial charge in [0.15, 0.2) is 5.82 Å². The Labute approximate surface area is 128 Å². The lowest BCUT2D eigenvalue weighted by Crippen LogP contribution is -2.11. The lowest BCUT2D eigenvalue weighted by atomic mass is 10.1. The Morgan fingerprint density at radius 2 is 2.10 bits per heavy atom. The normalized spacial score (nSPS) is 17.6. The highest BCUT2D eigenvalue weighted by molar-refractivity contribution is 6.32. The van der Waals surface area contributed by atoms with Gasteiger partial charge in [0.2, 0.25) is 0 Å². The first-order chi connectivity index (χ1) is 10.2. The number of nitriles is 1. The molecular weight excluding hydrogens is 286 g/mol. The molecule has 1 fully saturated rings. The van der Waals surface area contributed by atoms with E-state index in [2.05, 4.69) is 16.3 Å². The first-order valence-corrected chi connectivity index (χ1v) is 7.83. The lowest BCUT2D eigenvalue weighted by Gasteiger charge is -2.12. The van der Waals surface area contributed by atoms with Gasteiger partial charge in [-0.25, -0.2) is 4.68 Å². The molecule has 0 unspecified atom stereocenters. The second kappa shape index (κ2) is 4.60. The molecule has 0 spiro atoms. The molecule has 1 saturated carbocycles. The van der Waals surface area contributed by atoms with Gasteiger partial charge in [0, 0.05) is 12.5 Å². The summed E-state index contributed by atoms with van der Waals surface area (Å²) in [6.07, 6.45) is 5.50. The molecule has 2 aliphatic rings. The highest BCUT2D eigenvalue weighted by atomic mass is 35.5. The topological polar surface area (TPSA) is 59.4 Å². The molecule has 108 valence electrons. The number of hydrogen-bond donors (Lipinski definition) is 0. The Kier molecular flexibility index (Phi) is 2.83. The number of hydrogen-bond acceptors (Lipinski definition) is 3. The maximum Gasteiger partial charge on any atom is 0.194 e. The first kappa shape index (κ1) is 12.9. The van der Waals surface area contributed by atoms with Crippen LogP contribution in [0.15, 0.2) is 0 Å². The van der Waals surface area contributed by atoms with Gasteiger partial charge in [0.25, 0.3) is 0 Å². The van der Waals surface area contributed by atoms with Crippen molar-refractivity contribution in [3.63, 3.8) is 0 Å². The standard InChI is InChI=1S/C15H16ClN5/c1-9-11(8-17)14(10-5-6-10)21(18-9)15-13(16)12-4-2-3-7-20(12)19-15/h10H,2-7H2,1H3. The van der Waals surface area contributed by atoms with Crippen LogP contribution in [-0.4, -0.2) is 19.6 Å². The van der Waals surface area contributed by atoms with Gasteiger partial charge in [0.1, 0.15) is 11.1 Å². The molecule has 0 radical (unpaired) electrons. The van der Waals surface area contributed by atoms with Crippen LogP contribution in [0.1, 0.15) is 54.2 Å². The van der Waals surface area contributed by atoms with Crippen LogP contribution in [0.25, 0.3) is 5.82 Å². The molecule has 1 aliphatic carbocycles. The van der Waals surface area contributed by atoms with E-state index < -0.39 is 0 Å². The minimum absolute atomic E-state index is 0.427. The van der Waals surface area contributed by atoms with E-state index in [0.717, 1.165) is 55.7 Å². The average Bonchev–Trinajstić information content (AvgIpc) is 3.20. The minimum atomic E-state index is 0.427. The number of rotatable bonds is 2. The van der Waals surface area contributed by atoms with Crippen molar-refractivity contribution < 1.29 is 0 Å². The zero-order chi connectivity index (χ0) is 14.6. The van der Waals surface area contributed by atoms with Crippen LogP contribution in [-0.2, 0) is 13.0 Å². The van der Waals surface area contributed by atoms with Gasteiger partial charge >= 0.3 is 0 Å². The van der Waals surface area contributed by atoms with E-state index in [1.54, 1.807) is 0 Å². The van der Waals surface area contributed by atoms with Gasteiger partial charge < -0.3 is 0 Å². The molecule has 2 aromatic heterocycles. The SMILES string of the molecule is Cc1nn(-c2nn3c(c2Cl)CCCC3)c(C2CC2)c1C#N. The van der Waals surface area contributed by atoms with Crippen molar-refractivity contribution in [1.29, 1.82) is 5.26 Å². The van der Waals surface area contributed by atoms with E-state index in [1.807, 2.05) is 16.3 Å². The fourth-order valence-corrected chi connectivity index (χ4v) is 3.46. The Morgan fingerprint density at radius 3 is 2.76 bits per heavy atom. The van der Waals surface area contributed by atoms with Crippen LogP contribution in [0.2, 0.25) is 5.02 Å².